The van der Waals surface area contributed by atoms with Crippen molar-refractivity contribution in [1.29, 1.82) is 0 Å². The summed E-state index contributed by atoms with van der Waals surface area (Å²) in [5, 5.41) is 10.9. The van der Waals surface area contributed by atoms with Crippen LogP contribution in [0.25, 0.3) is 0 Å². The summed E-state index contributed by atoms with van der Waals surface area (Å²) in [7, 11) is 1.83. The van der Waals surface area contributed by atoms with Crippen LogP contribution < -0.4 is 10.6 Å². The summed E-state index contributed by atoms with van der Waals surface area (Å²) in [4.78, 5) is 4.34. The topological polar surface area (TPSA) is 62.5 Å². The number of guanidine groups is 1. The number of hydrogen-bond donors (Lipinski definition) is 2. The van der Waals surface area contributed by atoms with Gasteiger partial charge in [0.15, 0.2) is 5.96 Å². The fourth-order valence-electron chi connectivity index (χ4n) is 3.63. The molecule has 1 fully saturated rings. The summed E-state index contributed by atoms with van der Waals surface area (Å²) in [6, 6.07) is 0.456. The van der Waals surface area contributed by atoms with Gasteiger partial charge in [0.05, 0.1) is 5.69 Å². The zero-order chi connectivity index (χ0) is 17.4. The van der Waals surface area contributed by atoms with Gasteiger partial charge in [-0.15, -0.1) is 24.0 Å². The maximum absolute atomic E-state index is 5.21. The third kappa shape index (κ3) is 7.54. The number of rotatable bonds is 7. The molecule has 2 N–H and O–H groups in total. The van der Waals surface area contributed by atoms with Crippen molar-refractivity contribution in [3.05, 3.63) is 17.0 Å². The van der Waals surface area contributed by atoms with E-state index in [0.29, 0.717) is 6.04 Å². The molecule has 0 spiro atoms. The van der Waals surface area contributed by atoms with Crippen LogP contribution in [0.15, 0.2) is 9.52 Å². The Hall–Kier alpha value is -0.790. The average molecular weight is 462 g/mol. The number of hydrogen-bond acceptors (Lipinski definition) is 3. The molecule has 5 nitrogen and oxygen atoms in total. The van der Waals surface area contributed by atoms with E-state index in [0.717, 1.165) is 36.3 Å². The van der Waals surface area contributed by atoms with Gasteiger partial charge in [-0.05, 0) is 46.0 Å². The Labute approximate surface area is 169 Å². The van der Waals surface area contributed by atoms with Crippen LogP contribution >= 0.6 is 24.0 Å². The maximum atomic E-state index is 5.21. The predicted molar refractivity (Wildman–Crippen MR) is 115 cm³/mol. The van der Waals surface area contributed by atoms with Crippen molar-refractivity contribution in [3.63, 3.8) is 0 Å². The van der Waals surface area contributed by atoms with E-state index < -0.39 is 0 Å². The van der Waals surface area contributed by atoms with E-state index >= 15 is 0 Å². The number of aliphatic imine (C=N–C) groups is 1. The number of halogens is 1. The Kier molecular flexibility index (Phi) is 10.5. The van der Waals surface area contributed by atoms with Crippen LogP contribution in [-0.4, -0.2) is 30.8 Å². The normalized spacial score (nSPS) is 17.0. The molecule has 1 aromatic rings. The van der Waals surface area contributed by atoms with Gasteiger partial charge >= 0.3 is 0 Å². The predicted octanol–water partition coefficient (Wildman–Crippen LogP) is 4.37. The lowest BCUT2D eigenvalue weighted by Crippen LogP contribution is -2.43. The third-order valence-electron chi connectivity index (χ3n) is 5.19. The lowest BCUT2D eigenvalue weighted by atomic mass is 9.85. The molecule has 0 radical (unpaired) electrons. The minimum Gasteiger partial charge on any atom is -0.361 e. The van der Waals surface area contributed by atoms with Crippen LogP contribution in [0.3, 0.4) is 0 Å². The smallest absolute Gasteiger partial charge is 0.191 e. The van der Waals surface area contributed by atoms with Gasteiger partial charge in [0.25, 0.3) is 0 Å². The monoisotopic (exact) mass is 462 g/mol. The number of nitrogens with one attached hydrogen (secondary N) is 2. The third-order valence-corrected chi connectivity index (χ3v) is 5.19. The van der Waals surface area contributed by atoms with Crippen LogP contribution in [0.1, 0.15) is 68.9 Å². The molecule has 1 saturated carbocycles. The number of aromatic nitrogens is 1. The highest BCUT2D eigenvalue weighted by Gasteiger charge is 2.15. The lowest BCUT2D eigenvalue weighted by molar-refractivity contribution is 0.322. The zero-order valence-corrected chi connectivity index (χ0v) is 18.6. The summed E-state index contributed by atoms with van der Waals surface area (Å²) in [5.41, 5.74) is 2.18. The van der Waals surface area contributed by atoms with Crippen molar-refractivity contribution < 1.29 is 4.52 Å². The van der Waals surface area contributed by atoms with Crippen LogP contribution in [0.5, 0.6) is 0 Å². The zero-order valence-electron chi connectivity index (χ0n) is 16.2. The highest BCUT2D eigenvalue weighted by atomic mass is 127. The second-order valence-corrected chi connectivity index (χ2v) is 7.18. The van der Waals surface area contributed by atoms with Crippen LogP contribution in [-0.2, 0) is 6.42 Å². The summed E-state index contributed by atoms with van der Waals surface area (Å²) in [5.74, 6) is 2.74. The number of nitrogens with zero attached hydrogens (tertiary/aromatic N) is 2. The van der Waals surface area contributed by atoms with Gasteiger partial charge in [0.1, 0.15) is 5.76 Å². The Morgan fingerprint density at radius 3 is 2.60 bits per heavy atom. The van der Waals surface area contributed by atoms with Crippen molar-refractivity contribution in [3.8, 4) is 0 Å². The summed E-state index contributed by atoms with van der Waals surface area (Å²) < 4.78 is 5.21. The van der Waals surface area contributed by atoms with Crippen molar-refractivity contribution in [2.45, 2.75) is 78.2 Å². The summed E-state index contributed by atoms with van der Waals surface area (Å²) in [6.07, 6.45) is 10.6. The second-order valence-electron chi connectivity index (χ2n) is 7.18. The Morgan fingerprint density at radius 1 is 1.28 bits per heavy atom. The molecule has 1 aromatic heterocycles. The number of aryl methyl sites for hydroxylation is 2. The first kappa shape index (κ1) is 22.3. The standard InChI is InChI=1S/C19H34N4O.HI/c1-14(10-11-17-8-6-5-7-9-17)22-19(20-4)21-13-12-18-15(2)23-24-16(18)3;/h14,17H,5-13H2,1-4H3,(H2,20,21,22);1H. The molecule has 0 bridgehead atoms. The Bertz CT molecular complexity index is 504. The van der Waals surface area contributed by atoms with E-state index in [2.05, 4.69) is 27.7 Å². The second kappa shape index (κ2) is 11.8. The molecule has 1 unspecified atom stereocenters. The molecule has 1 heterocycles. The fourth-order valence-corrected chi connectivity index (χ4v) is 3.63. The first-order valence-corrected chi connectivity index (χ1v) is 9.49. The maximum Gasteiger partial charge on any atom is 0.191 e. The highest BCUT2D eigenvalue weighted by molar-refractivity contribution is 14.0. The van der Waals surface area contributed by atoms with Crippen LogP contribution in [0.4, 0.5) is 0 Å². The van der Waals surface area contributed by atoms with Crippen molar-refractivity contribution in [1.82, 2.24) is 15.8 Å². The van der Waals surface area contributed by atoms with Gasteiger partial charge in [-0.1, -0.05) is 37.3 Å². The summed E-state index contributed by atoms with van der Waals surface area (Å²) >= 11 is 0. The van der Waals surface area contributed by atoms with Crippen molar-refractivity contribution in [2.75, 3.05) is 13.6 Å². The van der Waals surface area contributed by atoms with E-state index in [9.17, 15) is 0 Å². The Balaban J connectivity index is 0.00000312. The van der Waals surface area contributed by atoms with Crippen molar-refractivity contribution >= 4 is 29.9 Å². The van der Waals surface area contributed by atoms with Crippen LogP contribution in [0, 0.1) is 19.8 Å². The SMILES string of the molecule is CN=C(NCCc1c(C)noc1C)NC(C)CCC1CCCCC1.I. The van der Waals surface area contributed by atoms with Gasteiger partial charge in [0.2, 0.25) is 0 Å². The minimum atomic E-state index is 0. The van der Waals surface area contributed by atoms with E-state index in [1.165, 1.54) is 50.5 Å². The molecule has 25 heavy (non-hydrogen) atoms. The quantitative estimate of drug-likeness (QED) is 0.359. The molecule has 0 aliphatic heterocycles. The average Bonchev–Trinajstić information content (AvgIpc) is 2.91. The van der Waals surface area contributed by atoms with E-state index in [-0.39, 0.29) is 24.0 Å². The molecule has 0 saturated heterocycles. The molecule has 6 heteroatoms. The van der Waals surface area contributed by atoms with Gasteiger partial charge in [-0.3, -0.25) is 4.99 Å². The van der Waals surface area contributed by atoms with Crippen molar-refractivity contribution in [2.24, 2.45) is 10.9 Å². The minimum absolute atomic E-state index is 0. The molecule has 144 valence electrons. The molecular weight excluding hydrogens is 427 g/mol. The van der Waals surface area contributed by atoms with Gasteiger partial charge in [0, 0.05) is 25.2 Å². The first-order chi connectivity index (χ1) is 11.6. The summed E-state index contributed by atoms with van der Waals surface area (Å²) in [6.45, 7) is 7.05. The molecule has 1 aliphatic carbocycles. The van der Waals surface area contributed by atoms with E-state index in [1.54, 1.807) is 0 Å². The largest absolute Gasteiger partial charge is 0.361 e. The molecule has 1 atom stereocenters. The molecule has 2 rings (SSSR count). The Morgan fingerprint density at radius 2 is 2.00 bits per heavy atom. The fraction of sp³-hybridized carbons (Fsp3) is 0.789. The molecule has 0 amide bonds. The highest BCUT2D eigenvalue weighted by Crippen LogP contribution is 2.27. The first-order valence-electron chi connectivity index (χ1n) is 9.49. The van der Waals surface area contributed by atoms with E-state index in [1.807, 2.05) is 20.9 Å². The molecular formula is C19H35IN4O. The van der Waals surface area contributed by atoms with Gasteiger partial charge < -0.3 is 15.2 Å². The van der Waals surface area contributed by atoms with Gasteiger partial charge in [-0.2, -0.15) is 0 Å². The van der Waals surface area contributed by atoms with Gasteiger partial charge in [-0.25, -0.2) is 0 Å². The molecule has 0 aromatic carbocycles. The lowest BCUT2D eigenvalue weighted by Gasteiger charge is -2.24. The van der Waals surface area contributed by atoms with Crippen LogP contribution in [0.2, 0.25) is 0 Å². The molecule has 1 aliphatic rings. The van der Waals surface area contributed by atoms with E-state index in [4.69, 9.17) is 4.52 Å².